The maximum atomic E-state index is 13.3. The van der Waals surface area contributed by atoms with Gasteiger partial charge in [-0.3, -0.25) is 14.5 Å². The highest BCUT2D eigenvalue weighted by Crippen LogP contribution is 2.43. The number of hydrogen-bond donors (Lipinski definition) is 1. The first kappa shape index (κ1) is 23.6. The number of methoxy groups -OCH3 is 2. The molecule has 1 aliphatic heterocycles. The zero-order chi connectivity index (χ0) is 24.4. The van der Waals surface area contributed by atoms with Gasteiger partial charge in [0.1, 0.15) is 17.3 Å². The largest absolute Gasteiger partial charge is 0.507 e. The number of Topliss-reactive ketones (excluding diaryl/α,β-unsaturated/α-hetero) is 1. The molecule has 0 saturated carbocycles. The number of amides is 1. The highest BCUT2D eigenvalue weighted by molar-refractivity contribution is 9.10. The lowest BCUT2D eigenvalue weighted by molar-refractivity contribution is -0.132. The third-order valence-corrected chi connectivity index (χ3v) is 6.54. The quantitative estimate of drug-likeness (QED) is 0.257. The first-order valence-electron chi connectivity index (χ1n) is 10.8. The standard InChI is InChI=1S/C27H24BrNO5/c1-4-16-5-10-19(11-6-16)29-24(17-7-12-20(33-2)13-8-17)23(26(31)27(29)32)25(30)18-9-14-22(34-3)21(28)15-18/h5-15,24,30H,4H2,1-3H3/b25-23-. The summed E-state index contributed by atoms with van der Waals surface area (Å²) in [6.07, 6.45) is 0.855. The summed E-state index contributed by atoms with van der Waals surface area (Å²) in [7, 11) is 3.11. The fourth-order valence-electron chi connectivity index (χ4n) is 4.06. The normalized spacial score (nSPS) is 17.2. The topological polar surface area (TPSA) is 76.1 Å². The Kier molecular flexibility index (Phi) is 6.75. The van der Waals surface area contributed by atoms with Crippen LogP contribution in [0.15, 0.2) is 76.8 Å². The van der Waals surface area contributed by atoms with Crippen molar-refractivity contribution in [3.63, 3.8) is 0 Å². The van der Waals surface area contributed by atoms with Crippen LogP contribution < -0.4 is 14.4 Å². The van der Waals surface area contributed by atoms with E-state index < -0.39 is 17.7 Å². The van der Waals surface area contributed by atoms with E-state index in [-0.39, 0.29) is 11.3 Å². The zero-order valence-corrected chi connectivity index (χ0v) is 20.6. The number of nitrogens with zero attached hydrogens (tertiary/aromatic N) is 1. The Morgan fingerprint density at radius 1 is 0.971 bits per heavy atom. The molecule has 1 atom stereocenters. The summed E-state index contributed by atoms with van der Waals surface area (Å²) in [5, 5.41) is 11.3. The van der Waals surface area contributed by atoms with Gasteiger partial charge in [0.25, 0.3) is 11.7 Å². The average molecular weight is 522 g/mol. The van der Waals surface area contributed by atoms with Gasteiger partial charge >= 0.3 is 0 Å². The molecule has 6 nitrogen and oxygen atoms in total. The predicted octanol–water partition coefficient (Wildman–Crippen LogP) is 5.66. The van der Waals surface area contributed by atoms with Gasteiger partial charge in [0, 0.05) is 11.3 Å². The second kappa shape index (κ2) is 9.73. The molecule has 1 aliphatic rings. The molecule has 0 aliphatic carbocycles. The van der Waals surface area contributed by atoms with E-state index in [9.17, 15) is 14.7 Å². The van der Waals surface area contributed by atoms with Crippen molar-refractivity contribution in [3.05, 3.63) is 93.5 Å². The molecule has 1 fully saturated rings. The molecule has 7 heteroatoms. The Hall–Kier alpha value is -3.58. The van der Waals surface area contributed by atoms with E-state index in [1.165, 1.54) is 4.90 Å². The van der Waals surface area contributed by atoms with E-state index in [4.69, 9.17) is 9.47 Å². The SMILES string of the molecule is CCc1ccc(N2C(=O)C(=O)/C(=C(\O)c3ccc(OC)c(Br)c3)C2c2ccc(OC)cc2)cc1. The molecule has 0 bridgehead atoms. The van der Waals surface area contributed by atoms with E-state index in [2.05, 4.69) is 15.9 Å². The number of ketones is 1. The van der Waals surface area contributed by atoms with Crippen molar-refractivity contribution in [3.8, 4) is 11.5 Å². The van der Waals surface area contributed by atoms with Crippen LogP contribution in [0.5, 0.6) is 11.5 Å². The molecular formula is C27H24BrNO5. The number of halogens is 1. The van der Waals surface area contributed by atoms with E-state index >= 15 is 0 Å². The summed E-state index contributed by atoms with van der Waals surface area (Å²) in [5.74, 6) is -0.467. The fraction of sp³-hybridized carbons (Fsp3) is 0.185. The zero-order valence-electron chi connectivity index (χ0n) is 19.0. The molecule has 0 aromatic heterocycles. The average Bonchev–Trinajstić information content (AvgIpc) is 3.13. The summed E-state index contributed by atoms with van der Waals surface area (Å²) < 4.78 is 11.1. The number of rotatable bonds is 6. The molecule has 174 valence electrons. The molecule has 3 aromatic rings. The van der Waals surface area contributed by atoms with Crippen molar-refractivity contribution in [2.24, 2.45) is 0 Å². The van der Waals surface area contributed by atoms with E-state index in [0.717, 1.165) is 12.0 Å². The van der Waals surface area contributed by atoms with Gasteiger partial charge < -0.3 is 14.6 Å². The van der Waals surface area contributed by atoms with E-state index in [1.54, 1.807) is 56.7 Å². The summed E-state index contributed by atoms with van der Waals surface area (Å²) in [6.45, 7) is 2.05. The maximum absolute atomic E-state index is 13.3. The van der Waals surface area contributed by atoms with Crippen molar-refractivity contribution in [2.75, 3.05) is 19.1 Å². The van der Waals surface area contributed by atoms with E-state index in [1.807, 2.05) is 31.2 Å². The van der Waals surface area contributed by atoms with Crippen LogP contribution in [0.25, 0.3) is 5.76 Å². The molecule has 1 amide bonds. The summed E-state index contributed by atoms with van der Waals surface area (Å²) in [5.41, 5.74) is 2.78. The highest BCUT2D eigenvalue weighted by atomic mass is 79.9. The van der Waals surface area contributed by atoms with Crippen LogP contribution in [0.1, 0.15) is 29.7 Å². The third kappa shape index (κ3) is 4.19. The molecule has 0 spiro atoms. The molecule has 34 heavy (non-hydrogen) atoms. The van der Waals surface area contributed by atoms with Crippen molar-refractivity contribution >= 4 is 39.1 Å². The lowest BCUT2D eigenvalue weighted by atomic mass is 9.95. The first-order chi connectivity index (χ1) is 16.4. The summed E-state index contributed by atoms with van der Waals surface area (Å²) in [6, 6.07) is 18.8. The fourth-order valence-corrected chi connectivity index (χ4v) is 4.60. The van der Waals surface area contributed by atoms with Crippen LogP contribution >= 0.6 is 15.9 Å². The Morgan fingerprint density at radius 2 is 1.65 bits per heavy atom. The van der Waals surface area contributed by atoms with Crippen molar-refractivity contribution in [2.45, 2.75) is 19.4 Å². The number of aliphatic hydroxyl groups excluding tert-OH is 1. The highest BCUT2D eigenvalue weighted by Gasteiger charge is 2.47. The predicted molar refractivity (Wildman–Crippen MR) is 134 cm³/mol. The number of aryl methyl sites for hydroxylation is 1. The molecule has 0 radical (unpaired) electrons. The van der Waals surface area contributed by atoms with Crippen LogP contribution in [0.4, 0.5) is 5.69 Å². The summed E-state index contributed by atoms with van der Waals surface area (Å²) in [4.78, 5) is 28.0. The third-order valence-electron chi connectivity index (χ3n) is 5.92. The van der Waals surface area contributed by atoms with Crippen molar-refractivity contribution in [1.82, 2.24) is 0 Å². The van der Waals surface area contributed by atoms with E-state index in [0.29, 0.717) is 32.8 Å². The van der Waals surface area contributed by atoms with Crippen LogP contribution in [0.3, 0.4) is 0 Å². The van der Waals surface area contributed by atoms with Gasteiger partial charge in [-0.15, -0.1) is 0 Å². The van der Waals surface area contributed by atoms with Gasteiger partial charge in [-0.2, -0.15) is 0 Å². The van der Waals surface area contributed by atoms with Gasteiger partial charge in [0.15, 0.2) is 0 Å². The minimum atomic E-state index is -0.806. The molecule has 1 saturated heterocycles. The van der Waals surface area contributed by atoms with Crippen molar-refractivity contribution in [1.29, 1.82) is 0 Å². The van der Waals surface area contributed by atoms with Gasteiger partial charge in [-0.25, -0.2) is 0 Å². The van der Waals surface area contributed by atoms with Gasteiger partial charge in [-0.05, 0) is 75.9 Å². The number of benzene rings is 3. The minimum Gasteiger partial charge on any atom is -0.507 e. The first-order valence-corrected chi connectivity index (χ1v) is 11.6. The molecule has 1 heterocycles. The minimum absolute atomic E-state index is 0.0202. The molecule has 4 rings (SSSR count). The molecule has 1 N–H and O–H groups in total. The van der Waals surface area contributed by atoms with Gasteiger partial charge in [0.05, 0.1) is 30.3 Å². The summed E-state index contributed by atoms with van der Waals surface area (Å²) >= 11 is 3.41. The number of carbonyl (C=O) groups is 2. The molecule has 1 unspecified atom stereocenters. The van der Waals surface area contributed by atoms with Gasteiger partial charge in [0.2, 0.25) is 0 Å². The second-order valence-electron chi connectivity index (χ2n) is 7.81. The van der Waals surface area contributed by atoms with Crippen LogP contribution in [0.2, 0.25) is 0 Å². The Labute approximate surface area is 206 Å². The number of carbonyl (C=O) groups excluding carboxylic acids is 2. The Balaban J connectivity index is 1.91. The number of aliphatic hydroxyl groups is 1. The van der Waals surface area contributed by atoms with Crippen LogP contribution in [0, 0.1) is 0 Å². The molecule has 3 aromatic carbocycles. The van der Waals surface area contributed by atoms with Gasteiger partial charge in [-0.1, -0.05) is 31.2 Å². The number of anilines is 1. The molecular weight excluding hydrogens is 498 g/mol. The number of hydrogen-bond acceptors (Lipinski definition) is 5. The number of ether oxygens (including phenoxy) is 2. The van der Waals surface area contributed by atoms with Crippen LogP contribution in [-0.2, 0) is 16.0 Å². The second-order valence-corrected chi connectivity index (χ2v) is 8.67. The maximum Gasteiger partial charge on any atom is 0.300 e. The van der Waals surface area contributed by atoms with Crippen LogP contribution in [-0.4, -0.2) is 31.0 Å². The lowest BCUT2D eigenvalue weighted by Gasteiger charge is -2.25. The van der Waals surface area contributed by atoms with Crippen molar-refractivity contribution < 1.29 is 24.2 Å². The monoisotopic (exact) mass is 521 g/mol. The lowest BCUT2D eigenvalue weighted by Crippen LogP contribution is -2.29. The smallest absolute Gasteiger partial charge is 0.300 e. The Bertz CT molecular complexity index is 1270. The Morgan fingerprint density at radius 3 is 2.21 bits per heavy atom.